The maximum absolute atomic E-state index is 9.99. The van der Waals surface area contributed by atoms with Gasteiger partial charge in [-0.15, -0.1) is 0 Å². The number of carbonyl (C=O) groups excluding carboxylic acids is 3. The summed E-state index contributed by atoms with van der Waals surface area (Å²) in [6.07, 6.45) is 0. The van der Waals surface area contributed by atoms with Gasteiger partial charge in [0.2, 0.25) is 0 Å². The summed E-state index contributed by atoms with van der Waals surface area (Å²) in [5.74, 6) is -4.70. The fraction of sp³-hybridized carbons (Fsp3) is 0.833. The van der Waals surface area contributed by atoms with Crippen LogP contribution in [0.4, 0.5) is 0 Å². The number of aliphatic carboxylic acids is 3. The predicted molar refractivity (Wildman–Crippen MR) is 99.4 cm³/mol. The highest BCUT2D eigenvalue weighted by atomic mass is 16.4. The van der Waals surface area contributed by atoms with Crippen molar-refractivity contribution in [3.05, 3.63) is 0 Å². The Morgan fingerprint density at radius 1 is 0.571 bits per heavy atom. The lowest BCUT2D eigenvalue weighted by Gasteiger charge is -2.23. The van der Waals surface area contributed by atoms with E-state index in [4.69, 9.17) is 0 Å². The number of quaternary nitrogens is 3. The molecule has 0 amide bonds. The molecule has 0 aliphatic rings. The van der Waals surface area contributed by atoms with Crippen LogP contribution in [0.3, 0.4) is 0 Å². The van der Waals surface area contributed by atoms with Crippen molar-refractivity contribution in [2.45, 2.75) is 78.9 Å². The van der Waals surface area contributed by atoms with Crippen molar-refractivity contribution >= 4 is 17.9 Å². The standard InChI is InChI=1S/C6H9NO6.3C4H11N/c8-4(9)1-7(2-5(10)11)3-6(12)13;3*1-4(2,3)5/h1-3H2,(H,8,9)(H,10,11)(H,12,13);3*5H2,1-3H3. The van der Waals surface area contributed by atoms with Gasteiger partial charge >= 0.3 is 0 Å². The molecule has 0 heterocycles. The normalized spacial score (nSPS) is 11.0. The molecule has 28 heavy (non-hydrogen) atoms. The summed E-state index contributed by atoms with van der Waals surface area (Å²) in [5.41, 5.74) is 12.1. The molecule has 0 aromatic carbocycles. The van der Waals surface area contributed by atoms with Gasteiger partial charge in [-0.1, -0.05) is 0 Å². The van der Waals surface area contributed by atoms with E-state index in [0.717, 1.165) is 0 Å². The van der Waals surface area contributed by atoms with Crippen molar-refractivity contribution in [2.24, 2.45) is 0 Å². The fourth-order valence-electron chi connectivity index (χ4n) is 0.715. The molecular weight excluding hydrogens is 368 g/mol. The lowest BCUT2D eigenvalue weighted by molar-refractivity contribution is -0.459. The van der Waals surface area contributed by atoms with Crippen LogP contribution >= 0.6 is 0 Å². The molecule has 0 unspecified atom stereocenters. The lowest BCUT2D eigenvalue weighted by Crippen LogP contribution is -2.67. The molecule has 0 rings (SSSR count). The Morgan fingerprint density at radius 3 is 0.750 bits per heavy atom. The van der Waals surface area contributed by atoms with E-state index in [1.54, 1.807) is 0 Å². The van der Waals surface area contributed by atoms with Crippen LogP contribution in [-0.2, 0) is 14.4 Å². The van der Waals surface area contributed by atoms with E-state index < -0.39 is 37.5 Å². The van der Waals surface area contributed by atoms with Gasteiger partial charge in [0.25, 0.3) is 0 Å². The van der Waals surface area contributed by atoms with Crippen molar-refractivity contribution in [3.63, 3.8) is 0 Å². The first kappa shape index (κ1) is 33.8. The average Bonchev–Trinajstić information content (AvgIpc) is 2.16. The highest BCUT2D eigenvalue weighted by Gasteiger charge is 2.05. The van der Waals surface area contributed by atoms with Crippen LogP contribution in [0.25, 0.3) is 0 Å². The van der Waals surface area contributed by atoms with Crippen molar-refractivity contribution in [2.75, 3.05) is 19.6 Å². The molecule has 0 radical (unpaired) electrons. The van der Waals surface area contributed by atoms with Crippen LogP contribution in [0, 0.1) is 0 Å². The molecule has 10 heteroatoms. The Labute approximate surface area is 169 Å². The highest BCUT2D eigenvalue weighted by molar-refractivity contribution is 5.73. The van der Waals surface area contributed by atoms with E-state index in [-0.39, 0.29) is 16.6 Å². The van der Waals surface area contributed by atoms with Crippen LogP contribution < -0.4 is 32.5 Å². The van der Waals surface area contributed by atoms with Gasteiger partial charge in [0.1, 0.15) is 0 Å². The van der Waals surface area contributed by atoms with Crippen molar-refractivity contribution in [1.29, 1.82) is 0 Å². The molecule has 0 aliphatic heterocycles. The second kappa shape index (κ2) is 15.2. The third-order valence-corrected chi connectivity index (χ3v) is 1.06. The molecule has 170 valence electrons. The summed E-state index contributed by atoms with van der Waals surface area (Å²) in [5, 5.41) is 30.0. The molecule has 0 saturated carbocycles. The summed E-state index contributed by atoms with van der Waals surface area (Å²) in [4.78, 5) is 30.6. The van der Waals surface area contributed by atoms with Crippen molar-refractivity contribution in [3.8, 4) is 0 Å². The fourth-order valence-corrected chi connectivity index (χ4v) is 0.715. The molecule has 0 fully saturated rings. The molecule has 0 spiro atoms. The molecule has 0 aromatic heterocycles. The molecule has 0 aromatic rings. The van der Waals surface area contributed by atoms with Gasteiger partial charge in [-0.3, -0.25) is 4.90 Å². The largest absolute Gasteiger partial charge is 0.549 e. The molecule has 0 saturated heterocycles. The lowest BCUT2D eigenvalue weighted by atomic mass is 10.1. The zero-order valence-corrected chi connectivity index (χ0v) is 19.1. The number of carboxylic acid groups (broad SMARTS) is 3. The maximum atomic E-state index is 9.99. The zero-order valence-electron chi connectivity index (χ0n) is 19.1. The summed E-state index contributed by atoms with van der Waals surface area (Å²) in [6, 6.07) is 0. The Hall–Kier alpha value is -1.75. The van der Waals surface area contributed by atoms with Gasteiger partial charge in [0.05, 0.1) is 34.5 Å². The Bertz CT molecular complexity index is 364. The van der Waals surface area contributed by atoms with E-state index in [1.165, 1.54) is 0 Å². The minimum atomic E-state index is -1.57. The number of carboxylic acids is 3. The van der Waals surface area contributed by atoms with Crippen molar-refractivity contribution < 1.29 is 46.9 Å². The molecule has 9 N–H and O–H groups in total. The van der Waals surface area contributed by atoms with Gasteiger partial charge in [-0.25, -0.2) is 0 Å². The second-order valence-electron chi connectivity index (χ2n) is 9.94. The first-order chi connectivity index (χ1) is 11.9. The van der Waals surface area contributed by atoms with Gasteiger partial charge < -0.3 is 46.9 Å². The van der Waals surface area contributed by atoms with Crippen LogP contribution in [0.15, 0.2) is 0 Å². The van der Waals surface area contributed by atoms with E-state index in [9.17, 15) is 29.7 Å². The van der Waals surface area contributed by atoms with Gasteiger partial charge in [-0.2, -0.15) is 0 Å². The number of hydrogen-bond donors (Lipinski definition) is 3. The monoisotopic (exact) mass is 410 g/mol. The van der Waals surface area contributed by atoms with Gasteiger partial charge in [-0.05, 0) is 62.3 Å². The SMILES string of the molecule is CC(C)(C)[NH3+].CC(C)(C)[NH3+].CC(C)(C)[NH3+].O=C([O-])CN(CC(=O)[O-])CC(=O)[O-]. The molecule has 10 nitrogen and oxygen atoms in total. The number of hydrogen-bond acceptors (Lipinski definition) is 7. The van der Waals surface area contributed by atoms with Crippen LogP contribution in [0.2, 0.25) is 0 Å². The van der Waals surface area contributed by atoms with E-state index in [2.05, 4.69) is 79.5 Å². The smallest absolute Gasteiger partial charge is 0.0860 e. The summed E-state index contributed by atoms with van der Waals surface area (Å²) < 4.78 is 0. The average molecular weight is 411 g/mol. The summed E-state index contributed by atoms with van der Waals surface area (Å²) in [7, 11) is 0. The maximum Gasteiger partial charge on any atom is 0.0860 e. The minimum absolute atomic E-state index is 0.250. The molecule has 0 bridgehead atoms. The quantitative estimate of drug-likeness (QED) is 0.387. The zero-order chi connectivity index (χ0) is 23.9. The first-order valence-electron chi connectivity index (χ1n) is 8.79. The van der Waals surface area contributed by atoms with Crippen LogP contribution in [-0.4, -0.2) is 59.1 Å². The second-order valence-corrected chi connectivity index (χ2v) is 9.94. The van der Waals surface area contributed by atoms with Gasteiger partial charge in [0, 0.05) is 19.6 Å². The molecular formula is C18H42N4O6. The Morgan fingerprint density at radius 2 is 0.679 bits per heavy atom. The van der Waals surface area contributed by atoms with E-state index in [0.29, 0.717) is 4.90 Å². The van der Waals surface area contributed by atoms with Crippen LogP contribution in [0.1, 0.15) is 62.3 Å². The molecule has 0 atom stereocenters. The highest BCUT2D eigenvalue weighted by Crippen LogP contribution is 1.85. The number of nitrogens with zero attached hydrogens (tertiary/aromatic N) is 1. The van der Waals surface area contributed by atoms with Crippen LogP contribution in [0.5, 0.6) is 0 Å². The Kier molecular flexibility index (Phi) is 18.4. The van der Waals surface area contributed by atoms with Crippen molar-refractivity contribution in [1.82, 2.24) is 4.90 Å². The van der Waals surface area contributed by atoms with E-state index >= 15 is 0 Å². The molecule has 0 aliphatic carbocycles. The Balaban J connectivity index is -0.000000159. The first-order valence-corrected chi connectivity index (χ1v) is 8.79. The topological polar surface area (TPSA) is 207 Å². The third kappa shape index (κ3) is 125. The minimum Gasteiger partial charge on any atom is -0.549 e. The van der Waals surface area contributed by atoms with E-state index in [1.807, 2.05) is 0 Å². The number of rotatable bonds is 6. The number of carbonyl (C=O) groups is 3. The summed E-state index contributed by atoms with van der Waals surface area (Å²) in [6.45, 7) is 16.3. The van der Waals surface area contributed by atoms with Gasteiger partial charge in [0.15, 0.2) is 0 Å². The predicted octanol–water partition coefficient (Wildman–Crippen LogP) is -5.38. The summed E-state index contributed by atoms with van der Waals surface area (Å²) >= 11 is 0. The third-order valence-electron chi connectivity index (χ3n) is 1.06.